The molecule has 1 aromatic rings. The fourth-order valence-corrected chi connectivity index (χ4v) is 2.33. The Morgan fingerprint density at radius 3 is 2.55 bits per heavy atom. The molecule has 4 heteroatoms. The first kappa shape index (κ1) is 17.1. The molecule has 0 amide bonds. The third-order valence-electron chi connectivity index (χ3n) is 3.41. The van der Waals surface area contributed by atoms with Crippen molar-refractivity contribution in [3.63, 3.8) is 0 Å². The minimum absolute atomic E-state index is 0.195. The minimum atomic E-state index is 0.195. The van der Waals surface area contributed by atoms with E-state index in [1.165, 1.54) is 5.56 Å². The van der Waals surface area contributed by atoms with Crippen LogP contribution >= 0.6 is 0 Å². The van der Waals surface area contributed by atoms with E-state index in [1.807, 2.05) is 6.07 Å². The molecule has 1 aromatic carbocycles. The third kappa shape index (κ3) is 6.48. The number of rotatable bonds is 11. The molecular weight excluding hydrogens is 252 g/mol. The molecule has 0 aliphatic carbocycles. The standard InChI is InChI=1S/C16H28N2O2/c1-3-17-16(15-7-5-4-6-8-15)9-10-18(11-13-19)12-14-20-2/h4-8,16-17,19H,3,9-14H2,1-2H3. The molecule has 0 heterocycles. The predicted molar refractivity (Wildman–Crippen MR) is 82.9 cm³/mol. The number of benzene rings is 1. The number of aliphatic hydroxyl groups excluding tert-OH is 1. The number of hydrogen-bond acceptors (Lipinski definition) is 4. The van der Waals surface area contributed by atoms with Gasteiger partial charge < -0.3 is 15.2 Å². The van der Waals surface area contributed by atoms with Crippen LogP contribution < -0.4 is 5.32 Å². The highest BCUT2D eigenvalue weighted by molar-refractivity contribution is 5.18. The van der Waals surface area contributed by atoms with E-state index >= 15 is 0 Å². The predicted octanol–water partition coefficient (Wildman–Crippen LogP) is 1.67. The molecule has 2 N–H and O–H groups in total. The Bertz CT molecular complexity index is 333. The summed E-state index contributed by atoms with van der Waals surface area (Å²) in [5.74, 6) is 0. The smallest absolute Gasteiger partial charge is 0.0589 e. The molecule has 0 aromatic heterocycles. The van der Waals surface area contributed by atoms with E-state index in [0.29, 0.717) is 19.2 Å². The van der Waals surface area contributed by atoms with Crippen molar-refractivity contribution in [2.75, 3.05) is 46.5 Å². The van der Waals surface area contributed by atoms with Crippen LogP contribution in [0.2, 0.25) is 0 Å². The number of methoxy groups -OCH3 is 1. The van der Waals surface area contributed by atoms with Crippen molar-refractivity contribution in [3.8, 4) is 0 Å². The van der Waals surface area contributed by atoms with Crippen molar-refractivity contribution in [1.29, 1.82) is 0 Å². The second-order valence-corrected chi connectivity index (χ2v) is 4.87. The molecule has 1 rings (SSSR count). The van der Waals surface area contributed by atoms with E-state index in [-0.39, 0.29) is 6.61 Å². The van der Waals surface area contributed by atoms with Gasteiger partial charge in [0, 0.05) is 32.8 Å². The van der Waals surface area contributed by atoms with Crippen LogP contribution in [0.3, 0.4) is 0 Å². The summed E-state index contributed by atoms with van der Waals surface area (Å²) in [6.45, 7) is 6.51. The number of ether oxygens (including phenoxy) is 1. The van der Waals surface area contributed by atoms with Gasteiger partial charge in [-0.3, -0.25) is 4.90 Å². The molecule has 0 radical (unpaired) electrons. The van der Waals surface area contributed by atoms with Gasteiger partial charge in [-0.2, -0.15) is 0 Å². The number of nitrogens with zero attached hydrogens (tertiary/aromatic N) is 1. The van der Waals surface area contributed by atoms with E-state index in [1.54, 1.807) is 7.11 Å². The van der Waals surface area contributed by atoms with Crippen LogP contribution in [0.1, 0.15) is 24.9 Å². The van der Waals surface area contributed by atoms with Gasteiger partial charge in [-0.05, 0) is 18.5 Å². The van der Waals surface area contributed by atoms with Crippen LogP contribution in [-0.2, 0) is 4.74 Å². The highest BCUT2D eigenvalue weighted by Gasteiger charge is 2.12. The second kappa shape index (κ2) is 10.8. The lowest BCUT2D eigenvalue weighted by Gasteiger charge is -2.25. The number of nitrogens with one attached hydrogen (secondary N) is 1. The SMILES string of the molecule is CCNC(CCN(CCO)CCOC)c1ccccc1. The van der Waals surface area contributed by atoms with Gasteiger partial charge in [0.05, 0.1) is 13.2 Å². The highest BCUT2D eigenvalue weighted by Crippen LogP contribution is 2.16. The fraction of sp³-hybridized carbons (Fsp3) is 0.625. The van der Waals surface area contributed by atoms with Gasteiger partial charge in [0.2, 0.25) is 0 Å². The zero-order chi connectivity index (χ0) is 14.6. The first-order chi connectivity index (χ1) is 9.81. The summed E-state index contributed by atoms with van der Waals surface area (Å²) >= 11 is 0. The molecule has 0 saturated carbocycles. The van der Waals surface area contributed by atoms with E-state index in [4.69, 9.17) is 9.84 Å². The van der Waals surface area contributed by atoms with Gasteiger partial charge in [0.15, 0.2) is 0 Å². The van der Waals surface area contributed by atoms with Gasteiger partial charge in [-0.15, -0.1) is 0 Å². The van der Waals surface area contributed by atoms with Gasteiger partial charge >= 0.3 is 0 Å². The van der Waals surface area contributed by atoms with Crippen molar-refractivity contribution in [3.05, 3.63) is 35.9 Å². The Labute approximate surface area is 122 Å². The molecule has 114 valence electrons. The Morgan fingerprint density at radius 1 is 1.20 bits per heavy atom. The summed E-state index contributed by atoms with van der Waals surface area (Å²) in [4.78, 5) is 2.25. The largest absolute Gasteiger partial charge is 0.395 e. The average Bonchev–Trinajstić information content (AvgIpc) is 2.49. The average molecular weight is 280 g/mol. The van der Waals surface area contributed by atoms with E-state index in [0.717, 1.165) is 26.1 Å². The lowest BCUT2D eigenvalue weighted by molar-refractivity contribution is 0.127. The zero-order valence-corrected chi connectivity index (χ0v) is 12.7. The second-order valence-electron chi connectivity index (χ2n) is 4.87. The number of aliphatic hydroxyl groups is 1. The molecule has 0 spiro atoms. The maximum absolute atomic E-state index is 9.12. The zero-order valence-electron chi connectivity index (χ0n) is 12.7. The molecule has 0 bridgehead atoms. The molecule has 0 aliphatic heterocycles. The molecule has 1 unspecified atom stereocenters. The molecule has 0 saturated heterocycles. The fourth-order valence-electron chi connectivity index (χ4n) is 2.33. The lowest BCUT2D eigenvalue weighted by Crippen LogP contribution is -2.34. The van der Waals surface area contributed by atoms with Crippen molar-refractivity contribution < 1.29 is 9.84 Å². The first-order valence-corrected chi connectivity index (χ1v) is 7.42. The van der Waals surface area contributed by atoms with Gasteiger partial charge in [0.1, 0.15) is 0 Å². The minimum Gasteiger partial charge on any atom is -0.395 e. The normalized spacial score (nSPS) is 12.8. The third-order valence-corrected chi connectivity index (χ3v) is 3.41. The van der Waals surface area contributed by atoms with Gasteiger partial charge in [0.25, 0.3) is 0 Å². The maximum Gasteiger partial charge on any atom is 0.0589 e. The van der Waals surface area contributed by atoms with Crippen LogP contribution in [0.15, 0.2) is 30.3 Å². The molecule has 4 nitrogen and oxygen atoms in total. The quantitative estimate of drug-likeness (QED) is 0.647. The molecular formula is C16H28N2O2. The van der Waals surface area contributed by atoms with Crippen molar-refractivity contribution in [2.24, 2.45) is 0 Å². The summed E-state index contributed by atoms with van der Waals surface area (Å²) in [5.41, 5.74) is 1.32. The first-order valence-electron chi connectivity index (χ1n) is 7.42. The van der Waals surface area contributed by atoms with Crippen molar-refractivity contribution >= 4 is 0 Å². The van der Waals surface area contributed by atoms with Crippen LogP contribution in [0.4, 0.5) is 0 Å². The summed E-state index contributed by atoms with van der Waals surface area (Å²) in [5, 5.41) is 12.7. The van der Waals surface area contributed by atoms with Crippen LogP contribution in [0.5, 0.6) is 0 Å². The summed E-state index contributed by atoms with van der Waals surface area (Å²) in [7, 11) is 1.71. The highest BCUT2D eigenvalue weighted by atomic mass is 16.5. The molecule has 0 aliphatic rings. The van der Waals surface area contributed by atoms with Gasteiger partial charge in [-0.25, -0.2) is 0 Å². The molecule has 0 fully saturated rings. The Balaban J connectivity index is 2.51. The van der Waals surface area contributed by atoms with E-state index in [9.17, 15) is 0 Å². The lowest BCUT2D eigenvalue weighted by atomic mass is 10.0. The maximum atomic E-state index is 9.12. The Hall–Kier alpha value is -0.940. The van der Waals surface area contributed by atoms with Crippen LogP contribution in [0.25, 0.3) is 0 Å². The number of hydrogen-bond donors (Lipinski definition) is 2. The Kier molecular flexibility index (Phi) is 9.24. The topological polar surface area (TPSA) is 44.7 Å². The van der Waals surface area contributed by atoms with Crippen LogP contribution in [0, 0.1) is 0 Å². The summed E-state index contributed by atoms with van der Waals surface area (Å²) < 4.78 is 5.12. The summed E-state index contributed by atoms with van der Waals surface area (Å²) in [6, 6.07) is 10.9. The summed E-state index contributed by atoms with van der Waals surface area (Å²) in [6.07, 6.45) is 1.03. The van der Waals surface area contributed by atoms with Crippen molar-refractivity contribution in [1.82, 2.24) is 10.2 Å². The Morgan fingerprint density at radius 2 is 1.95 bits per heavy atom. The van der Waals surface area contributed by atoms with E-state index in [2.05, 4.69) is 41.4 Å². The molecule has 1 atom stereocenters. The molecule has 20 heavy (non-hydrogen) atoms. The van der Waals surface area contributed by atoms with Crippen LogP contribution in [-0.4, -0.2) is 56.5 Å². The van der Waals surface area contributed by atoms with Crippen molar-refractivity contribution in [2.45, 2.75) is 19.4 Å². The van der Waals surface area contributed by atoms with Gasteiger partial charge in [-0.1, -0.05) is 37.3 Å². The monoisotopic (exact) mass is 280 g/mol. The van der Waals surface area contributed by atoms with E-state index < -0.39 is 0 Å².